The molecule has 0 atom stereocenters. The van der Waals surface area contributed by atoms with Crippen LogP contribution in [0.3, 0.4) is 0 Å². The molecule has 0 saturated heterocycles. The molecule has 4 aromatic carbocycles. The number of nitrogens with zero attached hydrogens (tertiary/aromatic N) is 1. The summed E-state index contributed by atoms with van der Waals surface area (Å²) >= 11 is 2.18. The van der Waals surface area contributed by atoms with E-state index in [9.17, 15) is 9.65 Å². The number of hydrogen-bond acceptors (Lipinski definition) is 3. The highest BCUT2D eigenvalue weighted by Crippen LogP contribution is 2.36. The highest BCUT2D eigenvalue weighted by Gasteiger charge is 2.13. The molecule has 0 spiro atoms. The molecule has 3 nitrogen and oxygen atoms in total. The van der Waals surface area contributed by atoms with E-state index in [-0.39, 0.29) is 11.1 Å². The predicted octanol–water partition coefficient (Wildman–Crippen LogP) is 7.24. The summed E-state index contributed by atoms with van der Waals surface area (Å²) in [5.74, 6) is 0.745. The zero-order valence-corrected chi connectivity index (χ0v) is 19.5. The fourth-order valence-corrected chi connectivity index (χ4v) is 4.24. The van der Waals surface area contributed by atoms with Crippen molar-refractivity contribution in [2.45, 2.75) is 6.61 Å². The first-order valence-electron chi connectivity index (χ1n) is 9.94. The minimum atomic E-state index is -0.433. The van der Waals surface area contributed by atoms with Gasteiger partial charge in [0.15, 0.2) is 11.5 Å². The number of allylic oxidation sites excluding steroid dienone is 1. The molecule has 5 heteroatoms. The second-order valence-electron chi connectivity index (χ2n) is 7.15. The Kier molecular flexibility index (Phi) is 6.72. The van der Waals surface area contributed by atoms with Crippen molar-refractivity contribution in [3.05, 3.63) is 105 Å². The van der Waals surface area contributed by atoms with Crippen molar-refractivity contribution in [2.75, 3.05) is 7.11 Å². The lowest BCUT2D eigenvalue weighted by atomic mass is 10.0. The van der Waals surface area contributed by atoms with Crippen LogP contribution in [0.5, 0.6) is 11.5 Å². The highest BCUT2D eigenvalue weighted by atomic mass is 127. The first kappa shape index (κ1) is 21.8. The lowest BCUT2D eigenvalue weighted by molar-refractivity contribution is 0.282. The third-order valence-corrected chi connectivity index (χ3v) is 5.85. The van der Waals surface area contributed by atoms with Gasteiger partial charge in [-0.05, 0) is 74.8 Å². The first-order valence-corrected chi connectivity index (χ1v) is 11.0. The molecule has 0 amide bonds. The summed E-state index contributed by atoms with van der Waals surface area (Å²) in [6, 6.07) is 26.4. The van der Waals surface area contributed by atoms with Gasteiger partial charge < -0.3 is 9.47 Å². The molecule has 0 heterocycles. The van der Waals surface area contributed by atoms with E-state index in [1.54, 1.807) is 37.5 Å². The summed E-state index contributed by atoms with van der Waals surface area (Å²) in [4.78, 5) is 0. The van der Waals surface area contributed by atoms with Gasteiger partial charge in [-0.2, -0.15) is 5.26 Å². The number of ether oxygens (including phenoxy) is 2. The van der Waals surface area contributed by atoms with Gasteiger partial charge in [0.2, 0.25) is 0 Å². The molecule has 0 aliphatic heterocycles. The predicted molar refractivity (Wildman–Crippen MR) is 134 cm³/mol. The van der Waals surface area contributed by atoms with Crippen LogP contribution in [0.15, 0.2) is 78.9 Å². The first-order chi connectivity index (χ1) is 15.6. The van der Waals surface area contributed by atoms with E-state index in [1.165, 1.54) is 11.5 Å². The van der Waals surface area contributed by atoms with Gasteiger partial charge in [0.25, 0.3) is 0 Å². The van der Waals surface area contributed by atoms with Crippen LogP contribution in [0.25, 0.3) is 22.4 Å². The fourth-order valence-electron chi connectivity index (χ4n) is 3.46. The maximum Gasteiger partial charge on any atom is 0.174 e. The van der Waals surface area contributed by atoms with E-state index in [0.717, 1.165) is 20.1 Å². The minimum Gasteiger partial charge on any atom is -0.493 e. The number of benzene rings is 4. The van der Waals surface area contributed by atoms with Crippen molar-refractivity contribution in [2.24, 2.45) is 0 Å². The molecule has 0 fully saturated rings. The molecule has 0 aliphatic rings. The molecule has 158 valence electrons. The van der Waals surface area contributed by atoms with Crippen molar-refractivity contribution in [3.8, 4) is 17.6 Å². The zero-order valence-electron chi connectivity index (χ0n) is 17.3. The molecule has 0 saturated carbocycles. The summed E-state index contributed by atoms with van der Waals surface area (Å²) in [5.41, 5.74) is 2.28. The number of methoxy groups -OCH3 is 1. The van der Waals surface area contributed by atoms with Crippen LogP contribution in [0, 0.1) is 20.7 Å². The Bertz CT molecular complexity index is 1360. The topological polar surface area (TPSA) is 42.2 Å². The summed E-state index contributed by atoms with van der Waals surface area (Å²) in [6.07, 6.45) is 1.65. The van der Waals surface area contributed by atoms with E-state index in [4.69, 9.17) is 9.47 Å². The van der Waals surface area contributed by atoms with E-state index in [2.05, 4.69) is 52.9 Å². The summed E-state index contributed by atoms with van der Waals surface area (Å²) in [7, 11) is 1.57. The zero-order chi connectivity index (χ0) is 22.5. The average Bonchev–Trinajstić information content (AvgIpc) is 2.82. The van der Waals surface area contributed by atoms with Crippen LogP contribution >= 0.6 is 22.6 Å². The van der Waals surface area contributed by atoms with Crippen molar-refractivity contribution < 1.29 is 13.9 Å². The maximum absolute atomic E-state index is 14.1. The van der Waals surface area contributed by atoms with Gasteiger partial charge in [0, 0.05) is 5.56 Å². The molecule has 32 heavy (non-hydrogen) atoms. The number of halogens is 2. The second-order valence-corrected chi connectivity index (χ2v) is 8.32. The highest BCUT2D eigenvalue weighted by molar-refractivity contribution is 14.1. The number of hydrogen-bond donors (Lipinski definition) is 0. The van der Waals surface area contributed by atoms with Crippen molar-refractivity contribution >= 4 is 45.0 Å². The Balaban J connectivity index is 1.61. The van der Waals surface area contributed by atoms with Crippen LogP contribution < -0.4 is 9.47 Å². The Hall–Kier alpha value is -3.37. The minimum absolute atomic E-state index is 0.241. The Morgan fingerprint density at radius 3 is 2.50 bits per heavy atom. The van der Waals surface area contributed by atoms with Gasteiger partial charge >= 0.3 is 0 Å². The third kappa shape index (κ3) is 4.76. The van der Waals surface area contributed by atoms with Crippen molar-refractivity contribution in [1.29, 1.82) is 5.26 Å². The summed E-state index contributed by atoms with van der Waals surface area (Å²) in [6.45, 7) is 0.394. The molecule has 0 bridgehead atoms. The third-order valence-electron chi connectivity index (χ3n) is 5.04. The molecular weight excluding hydrogens is 516 g/mol. The SMILES string of the molecule is COc1cc(/C=C(/C#N)c2ccccc2F)cc(I)c1OCc1ccc2ccccc2c1. The molecule has 0 radical (unpaired) electrons. The van der Waals surface area contributed by atoms with Crippen LogP contribution in [-0.2, 0) is 6.61 Å². The van der Waals surface area contributed by atoms with Gasteiger partial charge in [-0.3, -0.25) is 0 Å². The van der Waals surface area contributed by atoms with Crippen LogP contribution in [0.2, 0.25) is 0 Å². The van der Waals surface area contributed by atoms with Crippen molar-refractivity contribution in [1.82, 2.24) is 0 Å². The van der Waals surface area contributed by atoms with Crippen molar-refractivity contribution in [3.63, 3.8) is 0 Å². The molecule has 0 unspecified atom stereocenters. The van der Waals surface area contributed by atoms with Gasteiger partial charge in [0.1, 0.15) is 12.4 Å². The molecule has 0 aromatic heterocycles. The Morgan fingerprint density at radius 1 is 1.00 bits per heavy atom. The Morgan fingerprint density at radius 2 is 1.75 bits per heavy atom. The van der Waals surface area contributed by atoms with Crippen LogP contribution in [0.4, 0.5) is 4.39 Å². The summed E-state index contributed by atoms with van der Waals surface area (Å²) in [5, 5.41) is 11.9. The summed E-state index contributed by atoms with van der Waals surface area (Å²) < 4.78 is 26.6. The number of fused-ring (bicyclic) bond motifs is 1. The lowest BCUT2D eigenvalue weighted by Crippen LogP contribution is -2.00. The standard InChI is InChI=1S/C27H19FINO2/c1-31-26-15-19(13-22(16-30)23-8-4-5-9-24(23)28)14-25(29)27(26)32-17-18-10-11-20-6-2-3-7-21(20)12-18/h2-15H,17H2,1H3/b22-13-. The van der Waals surface area contributed by atoms with Gasteiger partial charge in [-0.25, -0.2) is 4.39 Å². The van der Waals surface area contributed by atoms with Crippen LogP contribution in [0.1, 0.15) is 16.7 Å². The second kappa shape index (κ2) is 9.84. The van der Waals surface area contributed by atoms with Gasteiger partial charge in [-0.1, -0.05) is 54.6 Å². The quantitative estimate of drug-likeness (QED) is 0.149. The molecule has 0 N–H and O–H groups in total. The average molecular weight is 535 g/mol. The smallest absolute Gasteiger partial charge is 0.174 e. The normalized spacial score (nSPS) is 11.2. The maximum atomic E-state index is 14.1. The monoisotopic (exact) mass is 535 g/mol. The largest absolute Gasteiger partial charge is 0.493 e. The van der Waals surface area contributed by atoms with Gasteiger partial charge in [0.05, 0.1) is 22.3 Å². The van der Waals surface area contributed by atoms with E-state index in [1.807, 2.05) is 24.3 Å². The van der Waals surface area contributed by atoms with E-state index in [0.29, 0.717) is 18.1 Å². The lowest BCUT2D eigenvalue weighted by Gasteiger charge is -2.14. The van der Waals surface area contributed by atoms with E-state index >= 15 is 0 Å². The van der Waals surface area contributed by atoms with Gasteiger partial charge in [-0.15, -0.1) is 0 Å². The Labute approximate surface area is 199 Å². The van der Waals surface area contributed by atoms with E-state index < -0.39 is 5.82 Å². The molecule has 4 rings (SSSR count). The molecule has 0 aliphatic carbocycles. The molecule has 4 aromatic rings. The van der Waals surface area contributed by atoms with Crippen LogP contribution in [-0.4, -0.2) is 7.11 Å². The molecular formula is C27H19FINO2. The number of rotatable bonds is 6. The number of nitriles is 1. The fraction of sp³-hybridized carbons (Fsp3) is 0.0741.